The molecule has 6 fully saturated rings. The van der Waals surface area contributed by atoms with Crippen LogP contribution in [0.25, 0.3) is 33.4 Å². The lowest BCUT2D eigenvalue weighted by Gasteiger charge is -2.15. The molecule has 28 heteroatoms. The smallest absolute Gasteiger partial charge is 0.262 e. The van der Waals surface area contributed by atoms with Gasteiger partial charge in [0.15, 0.2) is 29.1 Å². The largest absolute Gasteiger partial charge is 0.310 e. The molecule has 0 spiro atoms. The molecule has 0 aliphatic heterocycles. The molecule has 10 aromatic rings. The average molecular weight is 1950 g/mol. The van der Waals surface area contributed by atoms with Crippen LogP contribution in [0.1, 0.15) is 304 Å². The van der Waals surface area contributed by atoms with E-state index in [4.69, 9.17) is 0 Å². The second-order valence-electron chi connectivity index (χ2n) is 41.6. The summed E-state index contributed by atoms with van der Waals surface area (Å²) in [4.78, 5) is 121. The highest BCUT2D eigenvalue weighted by molar-refractivity contribution is 6.06. The number of anilines is 6. The third kappa shape index (κ3) is 23.1. The van der Waals surface area contributed by atoms with Crippen LogP contribution in [0.2, 0.25) is 0 Å². The molecule has 23 nitrogen and oxygen atoms in total. The van der Waals surface area contributed by atoms with Crippen molar-refractivity contribution in [2.45, 2.75) is 230 Å². The number of benzene rings is 4. The summed E-state index contributed by atoms with van der Waals surface area (Å²) in [5.41, 5.74) is 22.9. The van der Waals surface area contributed by atoms with Gasteiger partial charge in [-0.25, -0.2) is 51.9 Å². The topological polar surface area (TPSA) is 316 Å². The van der Waals surface area contributed by atoms with Gasteiger partial charge in [0.1, 0.15) is 46.0 Å². The van der Waals surface area contributed by atoms with E-state index in [-0.39, 0.29) is 46.8 Å². The minimum absolute atomic E-state index is 0.00322. The van der Waals surface area contributed by atoms with Crippen LogP contribution in [0.5, 0.6) is 0 Å². The zero-order chi connectivity index (χ0) is 101. The van der Waals surface area contributed by atoms with Crippen molar-refractivity contribution in [3.8, 4) is 0 Å². The van der Waals surface area contributed by atoms with Gasteiger partial charge in [0.05, 0.1) is 96.0 Å². The summed E-state index contributed by atoms with van der Waals surface area (Å²) in [6.45, 7) is 22.6. The molecule has 12 atom stereocenters. The SMILES string of the molecule is CC1=C(c2ccc(NC(=O)C(C)C)nc2)C2CCCC2C1.CC1=C(c2cnc(NC(=O)C(C)C)cn2)C2CCCC2C1.CC1=C(c2cnc(NC(=O)c3c(F)cccc3F)cn2)C2CCCC2C1.CC1=C(c2cnc(NC(=O)c3c(F)cccc3F)cn2)C2CCCC2C1.CC1=C(c2cnc(NC(=O)c3ccccc3C)cn2)C2CCCC2C1.CC1=C(c2cnc(NC(=O)c3ccccc3F)cn2)C2CCCC2C1. The molecule has 12 aliphatic rings. The summed E-state index contributed by atoms with van der Waals surface area (Å²) in [6.07, 6.45) is 48.6. The van der Waals surface area contributed by atoms with Crippen molar-refractivity contribution in [2.75, 3.05) is 31.9 Å². The van der Waals surface area contributed by atoms with E-state index in [9.17, 15) is 50.7 Å². The number of aromatic nitrogens is 11. The fourth-order valence-electron chi connectivity index (χ4n) is 24.8. The molecule has 6 N–H and O–H groups in total. The van der Waals surface area contributed by atoms with Gasteiger partial charge in [-0.15, -0.1) is 0 Å². The van der Waals surface area contributed by atoms with E-state index < -0.39 is 57.9 Å². The first kappa shape index (κ1) is 102. The molecule has 12 unspecified atom stereocenters. The highest BCUT2D eigenvalue weighted by atomic mass is 19.1. The second kappa shape index (κ2) is 45.5. The third-order valence-corrected chi connectivity index (χ3v) is 31.5. The number of nitrogens with one attached hydrogen (secondary N) is 6. The molecule has 6 saturated carbocycles. The van der Waals surface area contributed by atoms with Crippen molar-refractivity contribution in [3.63, 3.8) is 0 Å². The predicted octanol–water partition coefficient (Wildman–Crippen LogP) is 26.2. The van der Waals surface area contributed by atoms with Crippen molar-refractivity contribution in [2.24, 2.45) is 82.9 Å². The first-order valence-electron chi connectivity index (χ1n) is 51.3. The Balaban J connectivity index is 0.000000119. The number of hydrogen-bond donors (Lipinski definition) is 6. The van der Waals surface area contributed by atoms with E-state index >= 15 is 0 Å². The minimum Gasteiger partial charge on any atom is -0.310 e. The lowest BCUT2D eigenvalue weighted by Crippen LogP contribution is -2.18. The molecule has 0 saturated heterocycles. The summed E-state index contributed by atoms with van der Waals surface area (Å²) in [5.74, 6) is 4.11. The lowest BCUT2D eigenvalue weighted by atomic mass is 9.91. The molecule has 22 rings (SSSR count). The second-order valence-corrected chi connectivity index (χ2v) is 41.6. The maximum Gasteiger partial charge on any atom is 0.262 e. The Morgan fingerprint density at radius 2 is 0.514 bits per heavy atom. The molecule has 6 aromatic heterocycles. The van der Waals surface area contributed by atoms with Gasteiger partial charge >= 0.3 is 0 Å². The first-order chi connectivity index (χ1) is 69.5. The fourth-order valence-corrected chi connectivity index (χ4v) is 24.8. The summed E-state index contributed by atoms with van der Waals surface area (Å²) in [7, 11) is 0. The molecule has 4 aromatic carbocycles. The van der Waals surface area contributed by atoms with Crippen LogP contribution >= 0.6 is 0 Å². The van der Waals surface area contributed by atoms with Gasteiger partial charge in [-0.1, -0.05) is 142 Å². The van der Waals surface area contributed by atoms with E-state index in [0.29, 0.717) is 58.4 Å². The fraction of sp³-hybridized carbons (Fsp3) is 0.422. The Labute approximate surface area is 839 Å². The Bertz CT molecular complexity index is 6220. The molecule has 12 aliphatic carbocycles. The number of rotatable bonds is 18. The predicted molar refractivity (Wildman–Crippen MR) is 552 cm³/mol. The number of nitrogens with zero attached hydrogens (tertiary/aromatic N) is 11. The number of carbonyl (C=O) groups excluding carboxylic acids is 6. The molecule has 748 valence electrons. The number of amides is 6. The maximum atomic E-state index is 13.7. The van der Waals surface area contributed by atoms with Gasteiger partial charge in [-0.3, -0.25) is 53.7 Å². The average Bonchev–Trinajstić information content (AvgIpc) is 1.66. The van der Waals surface area contributed by atoms with E-state index in [1.807, 2.05) is 83.5 Å². The van der Waals surface area contributed by atoms with Crippen LogP contribution in [-0.2, 0) is 9.59 Å². The van der Waals surface area contributed by atoms with E-state index in [1.165, 1.54) is 244 Å². The molecule has 144 heavy (non-hydrogen) atoms. The van der Waals surface area contributed by atoms with Gasteiger partial charge < -0.3 is 31.9 Å². The number of hydrogen-bond acceptors (Lipinski definition) is 17. The first-order valence-corrected chi connectivity index (χ1v) is 51.3. The van der Waals surface area contributed by atoms with Gasteiger partial charge in [0, 0.05) is 23.6 Å². The number of fused-ring (bicyclic) bond motifs is 6. The standard InChI is InChI=1S/C21H23N3O.2C20H19F2N3O.C20H20FN3O.C18H24N2O.C17H23N3O/c1-13-6-3-4-8-16(13)21(25)24-19-12-22-18(11-23-19)20-14(2)10-15-7-5-9-17(15)20;2*1-11-8-12-4-2-5-13(12)18(11)16-9-24-17(10-23-16)25-20(26)19-14(21)6-3-7-15(19)22;1-12-9-13-5-4-7-14(13)19(12)17-10-23-18(11-22-17)24-20(25)15-6-2-3-8-16(15)21;1-11(2)18(21)20-16-8-7-14(10-19-16)17-12(3)9-13-5-4-6-15(13)17;1-10(2)17(21)20-15-9-18-14(8-19-15)16-11(3)7-12-5-4-6-13(12)16/h3-4,6,8,11-12,15,17H,5,7,9-10H2,1-2H3,(H,23,24,25);2*3,6-7,9-10,12-13H,2,4-5,8H2,1H3,(H,24,25,26);2-3,6,8,10-11,13-14H,4-5,7,9H2,1H3,(H,23,24,25);7-8,10-11,13,15H,4-6,9H2,1-3H3,(H,19,20,21);8-10,12-13H,4-7H2,1-3H3,(H,19,20,21). The summed E-state index contributed by atoms with van der Waals surface area (Å²) >= 11 is 0. The van der Waals surface area contributed by atoms with E-state index in [2.05, 4.69) is 134 Å². The van der Waals surface area contributed by atoms with Crippen molar-refractivity contribution in [1.29, 1.82) is 0 Å². The number of carbonyl (C=O) groups is 6. The number of halogens is 5. The molecular weight excluding hydrogens is 1820 g/mol. The molecule has 0 bridgehead atoms. The van der Waals surface area contributed by atoms with Gasteiger partial charge in [0.2, 0.25) is 11.8 Å². The minimum atomic E-state index is -0.911. The zero-order valence-corrected chi connectivity index (χ0v) is 83.9. The van der Waals surface area contributed by atoms with Crippen LogP contribution in [0.15, 0.2) is 199 Å². The van der Waals surface area contributed by atoms with Gasteiger partial charge in [0.25, 0.3) is 23.6 Å². The quantitative estimate of drug-likeness (QED) is 0.0435. The highest BCUT2D eigenvalue weighted by Gasteiger charge is 2.44. The number of aryl methyl sites for hydroxylation is 1. The van der Waals surface area contributed by atoms with Crippen LogP contribution in [0, 0.1) is 119 Å². The highest BCUT2D eigenvalue weighted by Crippen LogP contribution is 2.57. The Hall–Kier alpha value is -13.7. The van der Waals surface area contributed by atoms with Crippen LogP contribution in [0.4, 0.5) is 56.9 Å². The van der Waals surface area contributed by atoms with Gasteiger partial charge in [-0.05, 0) is 334 Å². The molecule has 6 heterocycles. The zero-order valence-electron chi connectivity index (χ0n) is 83.9. The normalized spacial score (nSPS) is 22.7. The number of pyridine rings is 1. The Morgan fingerprint density at radius 1 is 0.257 bits per heavy atom. The Kier molecular flexibility index (Phi) is 32.2. The van der Waals surface area contributed by atoms with Crippen LogP contribution in [-0.4, -0.2) is 90.3 Å². The Morgan fingerprint density at radius 3 is 0.799 bits per heavy atom. The summed E-state index contributed by atoms with van der Waals surface area (Å²) in [6, 6.07) is 24.1. The van der Waals surface area contributed by atoms with E-state index in [1.54, 1.807) is 49.3 Å². The van der Waals surface area contributed by atoms with Crippen molar-refractivity contribution >= 4 is 104 Å². The van der Waals surface area contributed by atoms with Crippen molar-refractivity contribution < 1.29 is 50.7 Å². The molecule has 6 amide bonds. The van der Waals surface area contributed by atoms with Crippen molar-refractivity contribution in [1.82, 2.24) is 54.8 Å². The van der Waals surface area contributed by atoms with Crippen LogP contribution < -0.4 is 31.9 Å². The molecule has 0 radical (unpaired) electrons. The third-order valence-electron chi connectivity index (χ3n) is 31.5. The molecular formula is C116H128F5N17O6. The van der Waals surface area contributed by atoms with Crippen LogP contribution in [0.3, 0.4) is 0 Å². The summed E-state index contributed by atoms with van der Waals surface area (Å²) < 4.78 is 68.5. The number of allylic oxidation sites excluding steroid dienone is 12. The van der Waals surface area contributed by atoms with E-state index in [0.717, 1.165) is 119 Å². The van der Waals surface area contributed by atoms with Gasteiger partial charge in [-0.2, -0.15) is 0 Å². The van der Waals surface area contributed by atoms with Crippen molar-refractivity contribution in [3.05, 3.63) is 290 Å². The summed E-state index contributed by atoms with van der Waals surface area (Å²) in [5, 5.41) is 15.9. The maximum absolute atomic E-state index is 13.7. The monoisotopic (exact) mass is 1950 g/mol. The lowest BCUT2D eigenvalue weighted by molar-refractivity contribution is -0.119.